The average Bonchev–Trinajstić information content (AvgIpc) is 3.07. The number of ether oxygens (including phenoxy) is 2. The Balaban J connectivity index is 2.01. The maximum Gasteiger partial charge on any atom is 0.311 e. The molecule has 1 saturated heterocycles. The third kappa shape index (κ3) is 4.31. The Labute approximate surface area is 131 Å². The van der Waals surface area contributed by atoms with Gasteiger partial charge in [0.05, 0.1) is 13.0 Å². The predicted octanol–water partition coefficient (Wildman–Crippen LogP) is 1.70. The molecule has 1 aliphatic rings. The van der Waals surface area contributed by atoms with Gasteiger partial charge in [-0.25, -0.2) is 0 Å². The minimum absolute atomic E-state index is 0.146. The fourth-order valence-electron chi connectivity index (χ4n) is 2.69. The maximum absolute atomic E-state index is 12.1. The molecule has 1 fully saturated rings. The lowest BCUT2D eigenvalue weighted by Crippen LogP contribution is -2.46. The van der Waals surface area contributed by atoms with E-state index >= 15 is 0 Å². The summed E-state index contributed by atoms with van der Waals surface area (Å²) in [5.74, 6) is -0.881. The molecule has 0 unspecified atom stereocenters. The van der Waals surface area contributed by atoms with E-state index in [0.717, 1.165) is 18.4 Å². The van der Waals surface area contributed by atoms with E-state index < -0.39 is 12.0 Å². The maximum atomic E-state index is 12.1. The number of carbonyl (C=O) groups excluding carboxylic acids is 2. The van der Waals surface area contributed by atoms with Crippen LogP contribution in [0.15, 0.2) is 30.3 Å². The lowest BCUT2D eigenvalue weighted by molar-refractivity contribution is -0.146. The van der Waals surface area contributed by atoms with Gasteiger partial charge in [0.15, 0.2) is 0 Å². The van der Waals surface area contributed by atoms with Gasteiger partial charge in [0.1, 0.15) is 6.10 Å². The summed E-state index contributed by atoms with van der Waals surface area (Å²) in [6.07, 6.45) is 1.77. The first kappa shape index (κ1) is 16.5. The van der Waals surface area contributed by atoms with Crippen LogP contribution in [0.1, 0.15) is 25.3 Å². The molecule has 22 heavy (non-hydrogen) atoms. The van der Waals surface area contributed by atoms with Gasteiger partial charge in [0.2, 0.25) is 5.91 Å². The second kappa shape index (κ2) is 7.94. The smallest absolute Gasteiger partial charge is 0.311 e. The number of esters is 1. The number of rotatable bonds is 6. The first-order chi connectivity index (χ1) is 10.6. The van der Waals surface area contributed by atoms with Gasteiger partial charge in [0.25, 0.3) is 0 Å². The van der Waals surface area contributed by atoms with Crippen molar-refractivity contribution in [2.45, 2.75) is 38.3 Å². The van der Waals surface area contributed by atoms with Gasteiger partial charge in [0, 0.05) is 12.6 Å². The molecule has 0 saturated carbocycles. The Morgan fingerprint density at radius 1 is 1.36 bits per heavy atom. The summed E-state index contributed by atoms with van der Waals surface area (Å²) in [5.41, 5.74) is 1.04. The van der Waals surface area contributed by atoms with Crippen LogP contribution in [0, 0.1) is 5.92 Å². The summed E-state index contributed by atoms with van der Waals surface area (Å²) in [4.78, 5) is 24.2. The van der Waals surface area contributed by atoms with Crippen molar-refractivity contribution in [3.8, 4) is 0 Å². The van der Waals surface area contributed by atoms with E-state index in [9.17, 15) is 9.59 Å². The molecule has 0 aromatic heterocycles. The highest BCUT2D eigenvalue weighted by Crippen LogP contribution is 2.17. The highest BCUT2D eigenvalue weighted by molar-refractivity contribution is 5.82. The van der Waals surface area contributed by atoms with Gasteiger partial charge in [-0.2, -0.15) is 0 Å². The molecule has 1 heterocycles. The van der Waals surface area contributed by atoms with Crippen LogP contribution in [0.5, 0.6) is 0 Å². The Morgan fingerprint density at radius 2 is 2.09 bits per heavy atom. The fourth-order valence-corrected chi connectivity index (χ4v) is 2.69. The van der Waals surface area contributed by atoms with Crippen LogP contribution in [0.25, 0.3) is 0 Å². The van der Waals surface area contributed by atoms with Gasteiger partial charge in [-0.3, -0.25) is 9.59 Å². The van der Waals surface area contributed by atoms with E-state index in [4.69, 9.17) is 9.47 Å². The molecule has 5 heteroatoms. The van der Waals surface area contributed by atoms with E-state index in [1.54, 1.807) is 0 Å². The molecular formula is C17H23NO4. The van der Waals surface area contributed by atoms with E-state index in [2.05, 4.69) is 5.32 Å². The van der Waals surface area contributed by atoms with Crippen LogP contribution < -0.4 is 5.32 Å². The molecule has 1 aliphatic heterocycles. The first-order valence-corrected chi connectivity index (χ1v) is 7.65. The van der Waals surface area contributed by atoms with Crippen LogP contribution >= 0.6 is 0 Å². The number of benzene rings is 1. The zero-order valence-corrected chi connectivity index (χ0v) is 13.1. The van der Waals surface area contributed by atoms with E-state index in [1.807, 2.05) is 37.3 Å². The van der Waals surface area contributed by atoms with Gasteiger partial charge in [-0.05, 0) is 31.7 Å². The Morgan fingerprint density at radius 3 is 2.68 bits per heavy atom. The summed E-state index contributed by atoms with van der Waals surface area (Å²) in [6.45, 7) is 2.45. The monoisotopic (exact) mass is 305 g/mol. The molecule has 1 N–H and O–H groups in total. The fraction of sp³-hybridized carbons (Fsp3) is 0.529. The van der Waals surface area contributed by atoms with Crippen LogP contribution in [0.2, 0.25) is 0 Å². The molecular weight excluding hydrogens is 282 g/mol. The Bertz CT molecular complexity index is 497. The molecule has 0 radical (unpaired) electrons. The first-order valence-electron chi connectivity index (χ1n) is 7.65. The number of nitrogens with one attached hydrogen (secondary N) is 1. The molecule has 0 spiro atoms. The predicted molar refractivity (Wildman–Crippen MR) is 82.2 cm³/mol. The zero-order chi connectivity index (χ0) is 15.9. The van der Waals surface area contributed by atoms with E-state index in [1.165, 1.54) is 7.11 Å². The van der Waals surface area contributed by atoms with Crippen molar-refractivity contribution >= 4 is 11.9 Å². The average molecular weight is 305 g/mol. The highest BCUT2D eigenvalue weighted by Gasteiger charge is 2.31. The second-order valence-electron chi connectivity index (χ2n) is 5.62. The number of hydrogen-bond donors (Lipinski definition) is 1. The van der Waals surface area contributed by atoms with Crippen molar-refractivity contribution in [3.05, 3.63) is 35.9 Å². The lowest BCUT2D eigenvalue weighted by Gasteiger charge is -2.24. The summed E-state index contributed by atoms with van der Waals surface area (Å²) in [7, 11) is 1.37. The van der Waals surface area contributed by atoms with Gasteiger partial charge in [-0.1, -0.05) is 30.3 Å². The zero-order valence-electron chi connectivity index (χ0n) is 13.1. The molecule has 2 rings (SSSR count). The van der Waals surface area contributed by atoms with Crippen molar-refractivity contribution in [1.29, 1.82) is 0 Å². The summed E-state index contributed by atoms with van der Waals surface area (Å²) in [5, 5.41) is 2.89. The van der Waals surface area contributed by atoms with Crippen LogP contribution in [0.4, 0.5) is 0 Å². The standard InChI is InChI=1S/C17H23NO4/c1-12(18-16(19)15-9-6-10-22-15)14(17(20)21-2)11-13-7-4-3-5-8-13/h3-5,7-8,12,14-15H,6,9-11H2,1-2H3,(H,18,19)/t12-,14+,15-/m0/s1. The number of carbonyl (C=O) groups is 2. The third-order valence-electron chi connectivity index (χ3n) is 4.00. The van der Waals surface area contributed by atoms with E-state index in [-0.39, 0.29) is 17.9 Å². The third-order valence-corrected chi connectivity index (χ3v) is 4.00. The van der Waals surface area contributed by atoms with Crippen molar-refractivity contribution < 1.29 is 19.1 Å². The SMILES string of the molecule is COC(=O)[C@H](Cc1ccccc1)[C@H](C)NC(=O)[C@@H]1CCCO1. The van der Waals surface area contributed by atoms with Crippen molar-refractivity contribution in [2.24, 2.45) is 5.92 Å². The van der Waals surface area contributed by atoms with Gasteiger partial charge >= 0.3 is 5.97 Å². The van der Waals surface area contributed by atoms with Gasteiger partial charge in [-0.15, -0.1) is 0 Å². The second-order valence-corrected chi connectivity index (χ2v) is 5.62. The molecule has 0 aliphatic carbocycles. The largest absolute Gasteiger partial charge is 0.469 e. The normalized spacial score (nSPS) is 20.2. The quantitative estimate of drug-likeness (QED) is 0.813. The van der Waals surface area contributed by atoms with Crippen molar-refractivity contribution in [1.82, 2.24) is 5.32 Å². The van der Waals surface area contributed by atoms with Crippen LogP contribution in [-0.4, -0.2) is 37.7 Å². The van der Waals surface area contributed by atoms with Gasteiger partial charge < -0.3 is 14.8 Å². The molecule has 1 aromatic rings. The molecule has 0 bridgehead atoms. The molecule has 1 aromatic carbocycles. The number of hydrogen-bond acceptors (Lipinski definition) is 4. The van der Waals surface area contributed by atoms with Crippen LogP contribution in [-0.2, 0) is 25.5 Å². The summed E-state index contributed by atoms with van der Waals surface area (Å²) in [6, 6.07) is 9.40. The minimum Gasteiger partial charge on any atom is -0.469 e. The highest BCUT2D eigenvalue weighted by atomic mass is 16.5. The van der Waals surface area contributed by atoms with Crippen LogP contribution in [0.3, 0.4) is 0 Å². The number of amides is 1. The molecule has 120 valence electrons. The molecule has 3 atom stereocenters. The topological polar surface area (TPSA) is 64.6 Å². The molecule has 1 amide bonds. The Hall–Kier alpha value is -1.88. The summed E-state index contributed by atoms with van der Waals surface area (Å²) >= 11 is 0. The van der Waals surface area contributed by atoms with Crippen molar-refractivity contribution in [2.75, 3.05) is 13.7 Å². The Kier molecular flexibility index (Phi) is 5.95. The summed E-state index contributed by atoms with van der Waals surface area (Å²) < 4.78 is 10.3. The minimum atomic E-state index is -0.419. The molecule has 5 nitrogen and oxygen atoms in total. The van der Waals surface area contributed by atoms with E-state index in [0.29, 0.717) is 13.0 Å². The number of methoxy groups -OCH3 is 1. The lowest BCUT2D eigenvalue weighted by atomic mass is 9.93. The van der Waals surface area contributed by atoms with Crippen molar-refractivity contribution in [3.63, 3.8) is 0 Å².